The van der Waals surface area contributed by atoms with Gasteiger partial charge in [0.25, 0.3) is 0 Å². The van der Waals surface area contributed by atoms with Crippen LogP contribution in [0.1, 0.15) is 5.82 Å². The highest BCUT2D eigenvalue weighted by atomic mass is 32.2. The van der Waals surface area contributed by atoms with Crippen molar-refractivity contribution in [3.05, 3.63) is 66.4 Å². The first-order valence-electron chi connectivity index (χ1n) is 8.45. The van der Waals surface area contributed by atoms with Crippen molar-refractivity contribution in [3.8, 4) is 0 Å². The number of hydrogen-bond acceptors (Lipinski definition) is 7. The number of benzene rings is 1. The van der Waals surface area contributed by atoms with Gasteiger partial charge in [-0.25, -0.2) is 32.5 Å². The average Bonchev–Trinajstić information content (AvgIpc) is 2.66. The van der Waals surface area contributed by atoms with E-state index >= 15 is 0 Å². The summed E-state index contributed by atoms with van der Waals surface area (Å²) in [4.78, 5) is 12.6. The fourth-order valence-electron chi connectivity index (χ4n) is 2.38. The SMILES string of the molecule is Cc1nc(NCCNS(=O)(=O)c2cccc(F)c2)cc(Nc2ccccn2)n1. The molecule has 10 heteroatoms. The van der Waals surface area contributed by atoms with Gasteiger partial charge in [-0.1, -0.05) is 12.1 Å². The minimum absolute atomic E-state index is 0.102. The molecule has 0 aliphatic carbocycles. The fraction of sp³-hybridized carbons (Fsp3) is 0.167. The second-order valence-electron chi connectivity index (χ2n) is 5.81. The molecular weight excluding hydrogens is 383 g/mol. The quantitative estimate of drug-likeness (QED) is 0.497. The van der Waals surface area contributed by atoms with Crippen LogP contribution in [0.4, 0.5) is 21.8 Å². The molecule has 0 aliphatic rings. The van der Waals surface area contributed by atoms with Crippen molar-refractivity contribution in [3.63, 3.8) is 0 Å². The molecule has 0 aliphatic heterocycles. The zero-order valence-electron chi connectivity index (χ0n) is 15.1. The zero-order chi connectivity index (χ0) is 20.0. The summed E-state index contributed by atoms with van der Waals surface area (Å²) in [6, 6.07) is 12.0. The normalized spacial score (nSPS) is 11.2. The summed E-state index contributed by atoms with van der Waals surface area (Å²) in [5.41, 5.74) is 0. The summed E-state index contributed by atoms with van der Waals surface area (Å²) in [6.45, 7) is 2.14. The molecule has 3 rings (SSSR count). The van der Waals surface area contributed by atoms with Gasteiger partial charge >= 0.3 is 0 Å². The van der Waals surface area contributed by atoms with Gasteiger partial charge in [-0.2, -0.15) is 0 Å². The van der Waals surface area contributed by atoms with Gasteiger partial charge in [0.2, 0.25) is 10.0 Å². The van der Waals surface area contributed by atoms with Gasteiger partial charge in [-0.3, -0.25) is 0 Å². The minimum Gasteiger partial charge on any atom is -0.369 e. The minimum atomic E-state index is -3.78. The Kier molecular flexibility index (Phi) is 6.12. The van der Waals surface area contributed by atoms with Crippen LogP contribution in [0.5, 0.6) is 0 Å². The highest BCUT2D eigenvalue weighted by Crippen LogP contribution is 2.15. The highest BCUT2D eigenvalue weighted by molar-refractivity contribution is 7.89. The van der Waals surface area contributed by atoms with Gasteiger partial charge in [0, 0.05) is 25.4 Å². The van der Waals surface area contributed by atoms with Crippen LogP contribution in [-0.4, -0.2) is 36.5 Å². The maximum absolute atomic E-state index is 13.2. The first-order valence-corrected chi connectivity index (χ1v) is 9.93. The number of nitrogens with zero attached hydrogens (tertiary/aromatic N) is 3. The Morgan fingerprint density at radius 1 is 0.964 bits per heavy atom. The Morgan fingerprint density at radius 3 is 2.54 bits per heavy atom. The number of pyridine rings is 1. The molecule has 8 nitrogen and oxygen atoms in total. The molecule has 2 heterocycles. The van der Waals surface area contributed by atoms with E-state index in [0.717, 1.165) is 6.07 Å². The van der Waals surface area contributed by atoms with Crippen molar-refractivity contribution < 1.29 is 12.8 Å². The molecule has 0 fully saturated rings. The molecule has 3 N–H and O–H groups in total. The molecule has 3 aromatic rings. The van der Waals surface area contributed by atoms with E-state index in [1.807, 2.05) is 18.2 Å². The molecule has 1 aromatic carbocycles. The topological polar surface area (TPSA) is 109 Å². The third-order valence-electron chi connectivity index (χ3n) is 3.59. The molecule has 0 radical (unpaired) electrons. The van der Waals surface area contributed by atoms with Crippen molar-refractivity contribution in [1.82, 2.24) is 19.7 Å². The van der Waals surface area contributed by atoms with Gasteiger partial charge in [0.1, 0.15) is 29.1 Å². The van der Waals surface area contributed by atoms with Crippen LogP contribution in [0, 0.1) is 12.7 Å². The Balaban J connectivity index is 1.57. The molecule has 146 valence electrons. The van der Waals surface area contributed by atoms with E-state index in [2.05, 4.69) is 30.3 Å². The summed E-state index contributed by atoms with van der Waals surface area (Å²) in [5, 5.41) is 6.11. The van der Waals surface area contributed by atoms with E-state index < -0.39 is 15.8 Å². The summed E-state index contributed by atoms with van der Waals surface area (Å²) in [7, 11) is -3.78. The lowest BCUT2D eigenvalue weighted by Crippen LogP contribution is -2.29. The van der Waals surface area contributed by atoms with Crippen molar-refractivity contribution in [2.45, 2.75) is 11.8 Å². The smallest absolute Gasteiger partial charge is 0.240 e. The Bertz CT molecular complexity index is 1050. The maximum Gasteiger partial charge on any atom is 0.240 e. The number of anilines is 3. The molecule has 0 spiro atoms. The molecule has 0 saturated carbocycles. The van der Waals surface area contributed by atoms with Gasteiger partial charge in [-0.15, -0.1) is 0 Å². The number of aryl methyl sites for hydroxylation is 1. The van der Waals surface area contributed by atoms with Crippen molar-refractivity contribution >= 4 is 27.5 Å². The molecule has 28 heavy (non-hydrogen) atoms. The second kappa shape index (κ2) is 8.72. The summed E-state index contributed by atoms with van der Waals surface area (Å²) in [5.74, 6) is 1.69. The largest absolute Gasteiger partial charge is 0.369 e. The highest BCUT2D eigenvalue weighted by Gasteiger charge is 2.13. The molecule has 0 atom stereocenters. The average molecular weight is 402 g/mol. The molecular formula is C18H19FN6O2S. The molecule has 0 saturated heterocycles. The first kappa shape index (κ1) is 19.6. The standard InChI is InChI=1S/C18H19FN6O2S/c1-13-23-17(12-18(24-13)25-16-7-2-3-8-20-16)21-9-10-22-28(26,27)15-6-4-5-14(19)11-15/h2-8,11-12,22H,9-10H2,1H3,(H2,20,21,23,24,25). The van der Waals surface area contributed by atoms with E-state index in [4.69, 9.17) is 0 Å². The Morgan fingerprint density at radius 2 is 1.79 bits per heavy atom. The van der Waals surface area contributed by atoms with E-state index in [1.165, 1.54) is 18.2 Å². The van der Waals surface area contributed by atoms with Gasteiger partial charge in [0.15, 0.2) is 0 Å². The third-order valence-corrected chi connectivity index (χ3v) is 5.05. The molecule has 2 aromatic heterocycles. The van der Waals surface area contributed by atoms with E-state index in [0.29, 0.717) is 23.3 Å². The van der Waals surface area contributed by atoms with Crippen molar-refractivity contribution in [2.75, 3.05) is 23.7 Å². The number of halogens is 1. The van der Waals surface area contributed by atoms with E-state index in [-0.39, 0.29) is 18.0 Å². The number of nitrogens with one attached hydrogen (secondary N) is 3. The van der Waals surface area contributed by atoms with Gasteiger partial charge < -0.3 is 10.6 Å². The van der Waals surface area contributed by atoms with Crippen LogP contribution >= 0.6 is 0 Å². The van der Waals surface area contributed by atoms with E-state index in [1.54, 1.807) is 19.2 Å². The fourth-order valence-corrected chi connectivity index (χ4v) is 3.45. The zero-order valence-corrected chi connectivity index (χ0v) is 15.9. The monoisotopic (exact) mass is 402 g/mol. The van der Waals surface area contributed by atoms with Crippen LogP contribution in [-0.2, 0) is 10.0 Å². The molecule has 0 bridgehead atoms. The molecule has 0 unspecified atom stereocenters. The predicted molar refractivity (Wildman–Crippen MR) is 104 cm³/mol. The van der Waals surface area contributed by atoms with Gasteiger partial charge in [-0.05, 0) is 37.3 Å². The molecule has 0 amide bonds. The number of hydrogen-bond donors (Lipinski definition) is 3. The summed E-state index contributed by atoms with van der Waals surface area (Å²) >= 11 is 0. The van der Waals surface area contributed by atoms with Crippen molar-refractivity contribution in [2.24, 2.45) is 0 Å². The third kappa shape index (κ3) is 5.44. The lowest BCUT2D eigenvalue weighted by atomic mass is 10.4. The number of rotatable bonds is 8. The Labute approximate surface area is 162 Å². The van der Waals surface area contributed by atoms with Crippen LogP contribution in [0.2, 0.25) is 0 Å². The Hall–Kier alpha value is -3.11. The number of aromatic nitrogens is 3. The van der Waals surface area contributed by atoms with Gasteiger partial charge in [0.05, 0.1) is 4.90 Å². The number of sulfonamides is 1. The summed E-state index contributed by atoms with van der Waals surface area (Å²) in [6.07, 6.45) is 1.67. The van der Waals surface area contributed by atoms with Crippen LogP contribution in [0.25, 0.3) is 0 Å². The predicted octanol–water partition coefficient (Wildman–Crippen LogP) is 2.45. The lowest BCUT2D eigenvalue weighted by Gasteiger charge is -2.11. The second-order valence-corrected chi connectivity index (χ2v) is 7.57. The van der Waals surface area contributed by atoms with Crippen LogP contribution in [0.3, 0.4) is 0 Å². The first-order chi connectivity index (χ1) is 13.4. The van der Waals surface area contributed by atoms with Crippen molar-refractivity contribution in [1.29, 1.82) is 0 Å². The van der Waals surface area contributed by atoms with E-state index in [9.17, 15) is 12.8 Å². The van der Waals surface area contributed by atoms with Crippen LogP contribution in [0.15, 0.2) is 59.6 Å². The maximum atomic E-state index is 13.2. The summed E-state index contributed by atoms with van der Waals surface area (Å²) < 4.78 is 39.9. The van der Waals surface area contributed by atoms with Crippen LogP contribution < -0.4 is 15.4 Å². The lowest BCUT2D eigenvalue weighted by molar-refractivity contribution is 0.579.